The van der Waals surface area contributed by atoms with Crippen molar-refractivity contribution in [3.8, 4) is 22.8 Å². The zero-order chi connectivity index (χ0) is 21.5. The molecule has 1 aliphatic heterocycles. The quantitative estimate of drug-likeness (QED) is 0.616. The zero-order valence-corrected chi connectivity index (χ0v) is 16.0. The Balaban J connectivity index is 1.82. The standard InChI is InChI=1S/C20H17F3N6O/c1-3-17(30)29-9-8-14-15(11-29)24-19(25-18(14)16-10-28(2)27-26-16)12-4-6-13(7-5-12)20(21,22)23/h3-7,10H,1,8-9,11H2,2H3. The van der Waals surface area contributed by atoms with Gasteiger partial charge in [0.1, 0.15) is 5.69 Å². The fraction of sp³-hybridized carbons (Fsp3) is 0.250. The van der Waals surface area contributed by atoms with Crippen molar-refractivity contribution in [3.63, 3.8) is 0 Å². The summed E-state index contributed by atoms with van der Waals surface area (Å²) in [6, 6.07) is 4.66. The van der Waals surface area contributed by atoms with Crippen LogP contribution in [0.2, 0.25) is 0 Å². The predicted molar refractivity (Wildman–Crippen MR) is 102 cm³/mol. The Morgan fingerprint density at radius 1 is 1.20 bits per heavy atom. The molecular formula is C20H17F3N6O. The number of aromatic nitrogens is 5. The lowest BCUT2D eigenvalue weighted by Crippen LogP contribution is -2.35. The van der Waals surface area contributed by atoms with Crippen molar-refractivity contribution in [2.45, 2.75) is 19.1 Å². The van der Waals surface area contributed by atoms with Gasteiger partial charge in [0.05, 0.1) is 29.7 Å². The summed E-state index contributed by atoms with van der Waals surface area (Å²) in [6.07, 6.45) is -0.952. The summed E-state index contributed by atoms with van der Waals surface area (Å²) in [7, 11) is 1.73. The van der Waals surface area contributed by atoms with Crippen LogP contribution in [-0.4, -0.2) is 42.3 Å². The van der Waals surface area contributed by atoms with E-state index in [4.69, 9.17) is 0 Å². The van der Waals surface area contributed by atoms with Gasteiger partial charge in [-0.15, -0.1) is 5.10 Å². The van der Waals surface area contributed by atoms with Crippen LogP contribution in [0.15, 0.2) is 43.1 Å². The first kappa shape index (κ1) is 19.7. The molecule has 0 N–H and O–H groups in total. The molecule has 0 spiro atoms. The average molecular weight is 414 g/mol. The average Bonchev–Trinajstić information content (AvgIpc) is 3.17. The molecule has 0 atom stereocenters. The Kier molecular flexibility index (Phi) is 4.84. The van der Waals surface area contributed by atoms with Gasteiger partial charge < -0.3 is 4.90 Å². The minimum Gasteiger partial charge on any atom is -0.333 e. The van der Waals surface area contributed by atoms with E-state index in [0.29, 0.717) is 35.6 Å². The van der Waals surface area contributed by atoms with E-state index in [1.165, 1.54) is 22.9 Å². The van der Waals surface area contributed by atoms with Gasteiger partial charge >= 0.3 is 6.18 Å². The van der Waals surface area contributed by atoms with Crippen LogP contribution in [0.25, 0.3) is 22.8 Å². The number of fused-ring (bicyclic) bond motifs is 1. The van der Waals surface area contributed by atoms with Crippen LogP contribution in [0.5, 0.6) is 0 Å². The van der Waals surface area contributed by atoms with Gasteiger partial charge in [-0.1, -0.05) is 23.9 Å². The van der Waals surface area contributed by atoms with Crippen LogP contribution in [0.1, 0.15) is 16.8 Å². The van der Waals surface area contributed by atoms with Gasteiger partial charge in [-0.3, -0.25) is 9.48 Å². The smallest absolute Gasteiger partial charge is 0.333 e. The molecule has 1 aromatic carbocycles. The number of aryl methyl sites for hydroxylation is 1. The Labute approximate surface area is 169 Å². The van der Waals surface area contributed by atoms with Gasteiger partial charge in [-0.05, 0) is 24.6 Å². The molecule has 4 rings (SSSR count). The molecule has 1 aliphatic rings. The van der Waals surface area contributed by atoms with Crippen molar-refractivity contribution >= 4 is 5.91 Å². The molecular weight excluding hydrogens is 397 g/mol. The molecule has 3 heterocycles. The van der Waals surface area contributed by atoms with E-state index in [1.807, 2.05) is 0 Å². The Hall–Kier alpha value is -3.56. The fourth-order valence-electron chi connectivity index (χ4n) is 3.35. The molecule has 0 fully saturated rings. The van der Waals surface area contributed by atoms with Crippen molar-refractivity contribution in [1.82, 2.24) is 29.9 Å². The number of hydrogen-bond acceptors (Lipinski definition) is 5. The summed E-state index contributed by atoms with van der Waals surface area (Å²) in [4.78, 5) is 22.8. The normalized spacial score (nSPS) is 13.8. The molecule has 30 heavy (non-hydrogen) atoms. The number of alkyl halides is 3. The number of carbonyl (C=O) groups is 1. The third-order valence-electron chi connectivity index (χ3n) is 4.87. The van der Waals surface area contributed by atoms with E-state index < -0.39 is 11.7 Å². The second kappa shape index (κ2) is 7.36. The second-order valence-electron chi connectivity index (χ2n) is 6.89. The highest BCUT2D eigenvalue weighted by Gasteiger charge is 2.30. The van der Waals surface area contributed by atoms with Crippen molar-refractivity contribution < 1.29 is 18.0 Å². The van der Waals surface area contributed by atoms with Crippen LogP contribution >= 0.6 is 0 Å². The summed E-state index contributed by atoms with van der Waals surface area (Å²) >= 11 is 0. The van der Waals surface area contributed by atoms with Crippen molar-refractivity contribution in [2.75, 3.05) is 6.54 Å². The minimum absolute atomic E-state index is 0.212. The number of amides is 1. The summed E-state index contributed by atoms with van der Waals surface area (Å²) in [5.41, 5.74) is 2.26. The number of benzene rings is 1. The van der Waals surface area contributed by atoms with Crippen molar-refractivity contribution in [1.29, 1.82) is 0 Å². The first-order valence-electron chi connectivity index (χ1n) is 9.11. The summed E-state index contributed by atoms with van der Waals surface area (Å²) < 4.78 is 40.2. The molecule has 0 radical (unpaired) electrons. The lowest BCUT2D eigenvalue weighted by Gasteiger charge is -2.28. The van der Waals surface area contributed by atoms with Crippen LogP contribution in [0, 0.1) is 0 Å². The van der Waals surface area contributed by atoms with Gasteiger partial charge in [0.15, 0.2) is 5.82 Å². The number of hydrogen-bond donors (Lipinski definition) is 0. The van der Waals surface area contributed by atoms with Crippen LogP contribution < -0.4 is 0 Å². The van der Waals surface area contributed by atoms with E-state index in [-0.39, 0.29) is 18.3 Å². The highest BCUT2D eigenvalue weighted by atomic mass is 19.4. The fourth-order valence-corrected chi connectivity index (χ4v) is 3.35. The van der Waals surface area contributed by atoms with Gasteiger partial charge in [0, 0.05) is 24.7 Å². The van der Waals surface area contributed by atoms with E-state index in [0.717, 1.165) is 17.7 Å². The minimum atomic E-state index is -4.43. The van der Waals surface area contributed by atoms with Gasteiger partial charge in [0.25, 0.3) is 0 Å². The number of rotatable bonds is 3. The molecule has 0 bridgehead atoms. The molecule has 0 saturated carbocycles. The SMILES string of the molecule is C=CC(=O)N1CCc2c(nc(-c3ccc(C(F)(F)F)cc3)nc2-c2cn(C)nn2)C1. The molecule has 2 aromatic heterocycles. The second-order valence-corrected chi connectivity index (χ2v) is 6.89. The highest BCUT2D eigenvalue weighted by molar-refractivity contribution is 5.87. The van der Waals surface area contributed by atoms with E-state index in [1.54, 1.807) is 18.1 Å². The molecule has 7 nitrogen and oxygen atoms in total. The Morgan fingerprint density at radius 2 is 1.93 bits per heavy atom. The maximum Gasteiger partial charge on any atom is 0.416 e. The predicted octanol–water partition coefficient (Wildman–Crippen LogP) is 3.03. The molecule has 3 aromatic rings. The monoisotopic (exact) mass is 414 g/mol. The highest BCUT2D eigenvalue weighted by Crippen LogP contribution is 2.32. The van der Waals surface area contributed by atoms with Crippen LogP contribution in [0.3, 0.4) is 0 Å². The summed E-state index contributed by atoms with van der Waals surface area (Å²) in [5.74, 6) is 0.0485. The first-order valence-corrected chi connectivity index (χ1v) is 9.11. The molecule has 0 unspecified atom stereocenters. The van der Waals surface area contributed by atoms with Gasteiger partial charge in [0.2, 0.25) is 5.91 Å². The molecule has 1 amide bonds. The van der Waals surface area contributed by atoms with E-state index in [9.17, 15) is 18.0 Å². The largest absolute Gasteiger partial charge is 0.416 e. The van der Waals surface area contributed by atoms with E-state index >= 15 is 0 Å². The lowest BCUT2D eigenvalue weighted by molar-refractivity contribution is -0.137. The maximum atomic E-state index is 12.9. The third-order valence-corrected chi connectivity index (χ3v) is 4.87. The van der Waals surface area contributed by atoms with Crippen LogP contribution in [-0.2, 0) is 31.0 Å². The third kappa shape index (κ3) is 3.68. The summed E-state index contributed by atoms with van der Waals surface area (Å²) in [6.45, 7) is 4.25. The summed E-state index contributed by atoms with van der Waals surface area (Å²) in [5, 5.41) is 8.07. The lowest BCUT2D eigenvalue weighted by atomic mass is 10.0. The number of nitrogens with zero attached hydrogens (tertiary/aromatic N) is 6. The Bertz CT molecular complexity index is 1120. The number of carbonyl (C=O) groups excluding carboxylic acids is 1. The van der Waals surface area contributed by atoms with Crippen LogP contribution in [0.4, 0.5) is 13.2 Å². The molecule has 154 valence electrons. The molecule has 0 saturated heterocycles. The van der Waals surface area contributed by atoms with Crippen molar-refractivity contribution in [3.05, 3.63) is 59.9 Å². The maximum absolute atomic E-state index is 12.9. The van der Waals surface area contributed by atoms with Gasteiger partial charge in [-0.25, -0.2) is 9.97 Å². The van der Waals surface area contributed by atoms with Crippen molar-refractivity contribution in [2.24, 2.45) is 7.05 Å². The zero-order valence-electron chi connectivity index (χ0n) is 16.0. The van der Waals surface area contributed by atoms with Gasteiger partial charge in [-0.2, -0.15) is 13.2 Å². The van der Waals surface area contributed by atoms with E-state index in [2.05, 4.69) is 26.9 Å². The Morgan fingerprint density at radius 3 is 2.53 bits per heavy atom. The number of halogens is 3. The molecule has 10 heteroatoms. The topological polar surface area (TPSA) is 76.8 Å². The first-order chi connectivity index (χ1) is 14.3. The molecule has 0 aliphatic carbocycles.